The Hall–Kier alpha value is -0.920. The molecule has 1 saturated heterocycles. The second kappa shape index (κ2) is 6.24. The number of likely N-dealkylation sites (tertiary alicyclic amines) is 1. The third-order valence-electron chi connectivity index (χ3n) is 3.29. The Morgan fingerprint density at radius 1 is 1.35 bits per heavy atom. The van der Waals surface area contributed by atoms with Crippen molar-refractivity contribution in [1.29, 1.82) is 0 Å². The van der Waals surface area contributed by atoms with Crippen molar-refractivity contribution < 1.29 is 17.4 Å². The summed E-state index contributed by atoms with van der Waals surface area (Å²) in [5.41, 5.74) is -0.838. The maximum absolute atomic E-state index is 12.9. The number of hydrogen-bond acceptors (Lipinski definition) is 2. The molecule has 1 unspecified atom stereocenters. The van der Waals surface area contributed by atoms with Crippen LogP contribution in [0.3, 0.4) is 0 Å². The van der Waals surface area contributed by atoms with Gasteiger partial charge in [0.15, 0.2) is 0 Å². The fraction of sp³-hybridized carbons (Fsp3) is 0.538. The summed E-state index contributed by atoms with van der Waals surface area (Å²) >= 11 is 0. The minimum Gasteiger partial charge on any atom is -0.305 e. The monoisotopic (exact) mass is 306 g/mol. The molecule has 1 aliphatic heterocycles. The van der Waals surface area contributed by atoms with Crippen molar-refractivity contribution in [3.8, 4) is 0 Å². The number of alkyl halides is 3. The molecule has 3 nitrogen and oxygen atoms in total. The fourth-order valence-electron chi connectivity index (χ4n) is 2.34. The first-order valence-electron chi connectivity index (χ1n) is 6.40. The van der Waals surface area contributed by atoms with Gasteiger partial charge in [-0.05, 0) is 38.6 Å². The van der Waals surface area contributed by atoms with Gasteiger partial charge >= 0.3 is 6.18 Å². The van der Waals surface area contributed by atoms with E-state index in [4.69, 9.17) is 0 Å². The van der Waals surface area contributed by atoms with Crippen LogP contribution in [0.1, 0.15) is 18.4 Å². The number of benzene rings is 1. The predicted molar refractivity (Wildman–Crippen MR) is 71.5 cm³/mol. The van der Waals surface area contributed by atoms with Crippen LogP contribution in [0.25, 0.3) is 0 Å². The maximum Gasteiger partial charge on any atom is 0.417 e. The van der Waals surface area contributed by atoms with E-state index in [-0.39, 0.29) is 10.9 Å². The van der Waals surface area contributed by atoms with Gasteiger partial charge in [-0.25, -0.2) is 8.93 Å². The zero-order valence-corrected chi connectivity index (χ0v) is 11.9. The highest BCUT2D eigenvalue weighted by molar-refractivity contribution is 7.83. The number of nitrogens with zero attached hydrogens (tertiary/aromatic N) is 1. The topological polar surface area (TPSA) is 32.3 Å². The molecule has 0 radical (unpaired) electrons. The van der Waals surface area contributed by atoms with Crippen molar-refractivity contribution in [3.63, 3.8) is 0 Å². The predicted octanol–water partition coefficient (Wildman–Crippen LogP) is 2.41. The number of piperidine rings is 1. The molecule has 7 heteroatoms. The van der Waals surface area contributed by atoms with Gasteiger partial charge < -0.3 is 4.90 Å². The molecule has 0 bridgehead atoms. The zero-order valence-electron chi connectivity index (χ0n) is 11.1. The van der Waals surface area contributed by atoms with Crippen molar-refractivity contribution in [2.24, 2.45) is 0 Å². The lowest BCUT2D eigenvalue weighted by Crippen LogP contribution is -2.44. The molecule has 0 spiro atoms. The van der Waals surface area contributed by atoms with Crippen LogP contribution in [-0.2, 0) is 17.2 Å². The molecule has 2 rings (SSSR count). The Labute approximate surface area is 118 Å². The zero-order chi connectivity index (χ0) is 14.8. The molecular weight excluding hydrogens is 289 g/mol. The Morgan fingerprint density at radius 3 is 2.70 bits per heavy atom. The molecule has 0 aromatic heterocycles. The molecule has 0 saturated carbocycles. The van der Waals surface area contributed by atoms with Crippen LogP contribution in [0.15, 0.2) is 29.2 Å². The second-order valence-corrected chi connectivity index (χ2v) is 6.19. The summed E-state index contributed by atoms with van der Waals surface area (Å²) in [5.74, 6) is 0. The Kier molecular flexibility index (Phi) is 4.82. The Balaban J connectivity index is 2.13. The van der Waals surface area contributed by atoms with Crippen molar-refractivity contribution >= 4 is 11.0 Å². The number of halogens is 3. The van der Waals surface area contributed by atoms with Gasteiger partial charge in [0, 0.05) is 12.6 Å². The third kappa shape index (κ3) is 3.80. The molecule has 0 aliphatic carbocycles. The van der Waals surface area contributed by atoms with Crippen molar-refractivity contribution in [2.45, 2.75) is 30.0 Å². The van der Waals surface area contributed by atoms with Crippen LogP contribution in [0.2, 0.25) is 0 Å². The van der Waals surface area contributed by atoms with E-state index in [1.807, 2.05) is 7.05 Å². The van der Waals surface area contributed by atoms with E-state index >= 15 is 0 Å². The molecule has 1 heterocycles. The first kappa shape index (κ1) is 15.5. The molecule has 1 aromatic carbocycles. The van der Waals surface area contributed by atoms with E-state index in [0.29, 0.717) is 6.54 Å². The van der Waals surface area contributed by atoms with E-state index in [9.17, 15) is 17.4 Å². The summed E-state index contributed by atoms with van der Waals surface area (Å²) in [6.07, 6.45) is -2.71. The SMILES string of the molecule is CN1CCC[C@@H](NS(=O)c2ccccc2C(F)(F)F)C1. The lowest BCUT2D eigenvalue weighted by atomic mass is 10.1. The molecule has 1 aliphatic rings. The molecule has 1 N–H and O–H groups in total. The molecule has 20 heavy (non-hydrogen) atoms. The average Bonchev–Trinajstić information content (AvgIpc) is 2.37. The van der Waals surface area contributed by atoms with Crippen LogP contribution in [-0.4, -0.2) is 35.3 Å². The number of rotatable bonds is 3. The lowest BCUT2D eigenvalue weighted by Gasteiger charge is -2.30. The normalized spacial score (nSPS) is 22.7. The van der Waals surface area contributed by atoms with E-state index < -0.39 is 22.7 Å². The summed E-state index contributed by atoms with van der Waals surface area (Å²) in [6.45, 7) is 1.66. The minimum atomic E-state index is -4.49. The standard InChI is InChI=1S/C13H17F3N2OS/c1-18-8-4-5-10(9-18)17-20(19)12-7-3-2-6-11(12)13(14,15)16/h2-3,6-7,10,17H,4-5,8-9H2,1H3/t10-,20?/m1/s1. The smallest absolute Gasteiger partial charge is 0.305 e. The average molecular weight is 306 g/mol. The molecular formula is C13H17F3N2OS. The van der Waals surface area contributed by atoms with Crippen LogP contribution < -0.4 is 4.72 Å². The highest BCUT2D eigenvalue weighted by atomic mass is 32.2. The van der Waals surface area contributed by atoms with E-state index in [1.165, 1.54) is 18.2 Å². The van der Waals surface area contributed by atoms with Gasteiger partial charge in [-0.15, -0.1) is 0 Å². The first-order valence-corrected chi connectivity index (χ1v) is 7.55. The van der Waals surface area contributed by atoms with Crippen LogP contribution in [0.5, 0.6) is 0 Å². The van der Waals surface area contributed by atoms with Gasteiger partial charge in [-0.2, -0.15) is 13.2 Å². The van der Waals surface area contributed by atoms with Crippen LogP contribution in [0.4, 0.5) is 13.2 Å². The van der Waals surface area contributed by atoms with E-state index in [1.54, 1.807) is 0 Å². The lowest BCUT2D eigenvalue weighted by molar-refractivity contribution is -0.139. The third-order valence-corrected chi connectivity index (χ3v) is 4.59. The molecule has 2 atom stereocenters. The summed E-state index contributed by atoms with van der Waals surface area (Å²) in [6, 6.07) is 4.95. The largest absolute Gasteiger partial charge is 0.417 e. The van der Waals surface area contributed by atoms with Crippen molar-refractivity contribution in [2.75, 3.05) is 20.1 Å². The fourth-order valence-corrected chi connectivity index (χ4v) is 3.55. The van der Waals surface area contributed by atoms with Crippen molar-refractivity contribution in [3.05, 3.63) is 29.8 Å². The Morgan fingerprint density at radius 2 is 2.05 bits per heavy atom. The van der Waals surface area contributed by atoms with Gasteiger partial charge in [-0.3, -0.25) is 0 Å². The van der Waals surface area contributed by atoms with Gasteiger partial charge in [0.05, 0.1) is 10.5 Å². The minimum absolute atomic E-state index is 0.0455. The van der Waals surface area contributed by atoms with E-state index in [0.717, 1.165) is 25.5 Å². The molecule has 112 valence electrons. The number of nitrogens with one attached hydrogen (secondary N) is 1. The van der Waals surface area contributed by atoms with Crippen molar-refractivity contribution in [1.82, 2.24) is 9.62 Å². The molecule has 0 amide bonds. The first-order chi connectivity index (χ1) is 9.38. The van der Waals surface area contributed by atoms with Gasteiger partial charge in [0.2, 0.25) is 0 Å². The summed E-state index contributed by atoms with van der Waals surface area (Å²) in [7, 11) is 0.0943. The highest BCUT2D eigenvalue weighted by Crippen LogP contribution is 2.33. The maximum atomic E-state index is 12.9. The van der Waals surface area contributed by atoms with E-state index in [2.05, 4.69) is 9.62 Å². The molecule has 1 aromatic rings. The quantitative estimate of drug-likeness (QED) is 0.930. The van der Waals surface area contributed by atoms with Crippen LogP contribution in [0, 0.1) is 0 Å². The Bertz CT molecular complexity index is 493. The number of hydrogen-bond donors (Lipinski definition) is 1. The van der Waals surface area contributed by atoms with Gasteiger partial charge in [0.25, 0.3) is 0 Å². The summed E-state index contributed by atoms with van der Waals surface area (Å²) < 4.78 is 53.6. The van der Waals surface area contributed by atoms with Gasteiger partial charge in [-0.1, -0.05) is 12.1 Å². The summed E-state index contributed by atoms with van der Waals surface area (Å²) in [4.78, 5) is 1.88. The van der Waals surface area contributed by atoms with Crippen LogP contribution >= 0.6 is 0 Å². The second-order valence-electron chi connectivity index (χ2n) is 4.98. The number of likely N-dealkylation sites (N-methyl/N-ethyl adjacent to an activating group) is 1. The summed E-state index contributed by atoms with van der Waals surface area (Å²) in [5, 5.41) is 0. The molecule has 1 fully saturated rings. The van der Waals surface area contributed by atoms with Gasteiger partial charge in [0.1, 0.15) is 11.0 Å². The highest BCUT2D eigenvalue weighted by Gasteiger charge is 2.35.